The Bertz CT molecular complexity index is 839. The van der Waals surface area contributed by atoms with E-state index in [1.54, 1.807) is 0 Å². The predicted molar refractivity (Wildman–Crippen MR) is 133 cm³/mol. The molecule has 0 aliphatic heterocycles. The van der Waals surface area contributed by atoms with Crippen LogP contribution in [0.3, 0.4) is 0 Å². The normalized spacial score (nSPS) is 17.8. The lowest BCUT2D eigenvalue weighted by atomic mass is 9.89. The monoisotopic (exact) mass is 515 g/mol. The van der Waals surface area contributed by atoms with Crippen LogP contribution in [-0.4, -0.2) is 51.8 Å². The Kier molecular flexibility index (Phi) is 11.7. The van der Waals surface area contributed by atoms with Crippen molar-refractivity contribution in [1.82, 2.24) is 15.3 Å². The highest BCUT2D eigenvalue weighted by atomic mass is 19.4. The van der Waals surface area contributed by atoms with Crippen LogP contribution in [-0.2, 0) is 9.59 Å². The lowest BCUT2D eigenvalue weighted by molar-refractivity contribution is -0.192. The average molecular weight is 516 g/mol. The standard InChI is InChI=1S/C23H39N5O.C2HF3O2/c1-16(2)13-20(22(29)26-19-11-7-8-12-19)27-21-14-17(3)25-23(28-21)24-15-18-9-5-4-6-10-18;3-2(4,5)1(6)7/h14,16,18-20H,4-13,15H2,1-3H3,(H,26,29)(H2,24,25,27,28);(H,6,7)/t20-;/m0./s1. The number of aromatic nitrogens is 2. The van der Waals surface area contributed by atoms with Gasteiger partial charge in [0.15, 0.2) is 0 Å². The van der Waals surface area contributed by atoms with Crippen LogP contribution in [0.5, 0.6) is 0 Å². The number of rotatable bonds is 9. The molecule has 4 N–H and O–H groups in total. The molecule has 0 spiro atoms. The molecule has 2 fully saturated rings. The van der Waals surface area contributed by atoms with Crippen molar-refractivity contribution < 1.29 is 27.9 Å². The SMILES string of the molecule is Cc1cc(N[C@@H](CC(C)C)C(=O)NC2CCCC2)nc(NCC2CCCCC2)n1.O=C(O)C(F)(F)F. The highest BCUT2D eigenvalue weighted by molar-refractivity contribution is 5.84. The number of aliphatic carboxylic acids is 1. The third-order valence-electron chi connectivity index (χ3n) is 6.42. The zero-order valence-corrected chi connectivity index (χ0v) is 21.5. The summed E-state index contributed by atoms with van der Waals surface area (Å²) in [7, 11) is 0. The van der Waals surface area contributed by atoms with Gasteiger partial charge in [0.1, 0.15) is 11.9 Å². The van der Waals surface area contributed by atoms with Crippen molar-refractivity contribution in [3.63, 3.8) is 0 Å². The van der Waals surface area contributed by atoms with E-state index >= 15 is 0 Å². The van der Waals surface area contributed by atoms with Crippen molar-refractivity contribution in [3.05, 3.63) is 11.8 Å². The quantitative estimate of drug-likeness (QED) is 0.353. The molecule has 8 nitrogen and oxygen atoms in total. The van der Waals surface area contributed by atoms with E-state index in [0.29, 0.717) is 17.9 Å². The van der Waals surface area contributed by atoms with Crippen molar-refractivity contribution in [2.24, 2.45) is 11.8 Å². The number of halogens is 3. The molecule has 0 unspecified atom stereocenters. The number of amides is 1. The molecule has 2 saturated carbocycles. The highest BCUT2D eigenvalue weighted by Crippen LogP contribution is 2.24. The van der Waals surface area contributed by atoms with Gasteiger partial charge in [-0.05, 0) is 50.9 Å². The molecule has 1 aromatic rings. The maximum absolute atomic E-state index is 12.9. The number of carbonyl (C=O) groups is 2. The first-order chi connectivity index (χ1) is 16.9. The molecule has 0 saturated heterocycles. The van der Waals surface area contributed by atoms with Gasteiger partial charge in [0, 0.05) is 24.3 Å². The van der Waals surface area contributed by atoms with Gasteiger partial charge < -0.3 is 21.1 Å². The van der Waals surface area contributed by atoms with E-state index in [1.807, 2.05) is 13.0 Å². The van der Waals surface area contributed by atoms with Crippen molar-refractivity contribution in [2.45, 2.75) is 103 Å². The number of nitrogens with zero attached hydrogens (tertiary/aromatic N) is 2. The zero-order valence-electron chi connectivity index (χ0n) is 21.5. The first-order valence-corrected chi connectivity index (χ1v) is 12.9. The van der Waals surface area contributed by atoms with Crippen LogP contribution >= 0.6 is 0 Å². The number of nitrogens with one attached hydrogen (secondary N) is 3. The predicted octanol–water partition coefficient (Wildman–Crippen LogP) is 5.30. The van der Waals surface area contributed by atoms with Crippen molar-refractivity contribution in [2.75, 3.05) is 17.2 Å². The summed E-state index contributed by atoms with van der Waals surface area (Å²) in [6.45, 7) is 7.22. The largest absolute Gasteiger partial charge is 0.490 e. The molecule has 11 heteroatoms. The van der Waals surface area contributed by atoms with E-state index in [4.69, 9.17) is 9.90 Å². The van der Waals surface area contributed by atoms with Crippen LogP contribution in [0.1, 0.15) is 83.7 Å². The molecule has 36 heavy (non-hydrogen) atoms. The van der Waals surface area contributed by atoms with Crippen LogP contribution in [0.25, 0.3) is 0 Å². The van der Waals surface area contributed by atoms with E-state index in [-0.39, 0.29) is 11.9 Å². The molecule has 2 aliphatic rings. The van der Waals surface area contributed by atoms with E-state index < -0.39 is 12.1 Å². The van der Waals surface area contributed by atoms with Gasteiger partial charge in [-0.25, -0.2) is 9.78 Å². The summed E-state index contributed by atoms with van der Waals surface area (Å²) in [4.78, 5) is 31.0. The van der Waals surface area contributed by atoms with Gasteiger partial charge in [-0.1, -0.05) is 46.0 Å². The molecule has 0 bridgehead atoms. The van der Waals surface area contributed by atoms with Crippen LogP contribution < -0.4 is 16.0 Å². The fourth-order valence-corrected chi connectivity index (χ4v) is 4.60. The number of carbonyl (C=O) groups excluding carboxylic acids is 1. The van der Waals surface area contributed by atoms with Gasteiger partial charge in [0.05, 0.1) is 0 Å². The van der Waals surface area contributed by atoms with Gasteiger partial charge in [-0.15, -0.1) is 0 Å². The third-order valence-corrected chi connectivity index (χ3v) is 6.42. The number of anilines is 2. The first kappa shape index (κ1) is 29.6. The van der Waals surface area contributed by atoms with E-state index in [9.17, 15) is 18.0 Å². The summed E-state index contributed by atoms with van der Waals surface area (Å²) in [5.74, 6) is -0.122. The fraction of sp³-hybridized carbons (Fsp3) is 0.760. The summed E-state index contributed by atoms with van der Waals surface area (Å²) in [5, 5.41) is 17.2. The minimum atomic E-state index is -5.08. The van der Waals surface area contributed by atoms with E-state index in [0.717, 1.165) is 43.2 Å². The summed E-state index contributed by atoms with van der Waals surface area (Å²) in [6.07, 6.45) is 6.95. The van der Waals surface area contributed by atoms with Gasteiger partial charge in [-0.3, -0.25) is 4.79 Å². The van der Waals surface area contributed by atoms with Crippen molar-refractivity contribution >= 4 is 23.6 Å². The van der Waals surface area contributed by atoms with Crippen LogP contribution in [0.4, 0.5) is 24.9 Å². The Labute approximate surface area is 211 Å². The van der Waals surface area contributed by atoms with Gasteiger partial charge >= 0.3 is 12.1 Å². The summed E-state index contributed by atoms with van der Waals surface area (Å²) in [6, 6.07) is 2.00. The van der Waals surface area contributed by atoms with E-state index in [1.165, 1.54) is 44.9 Å². The smallest absolute Gasteiger partial charge is 0.475 e. The minimum absolute atomic E-state index is 0.0959. The Balaban J connectivity index is 0.000000572. The second kappa shape index (κ2) is 14.2. The van der Waals surface area contributed by atoms with Crippen LogP contribution in [0.2, 0.25) is 0 Å². The Morgan fingerprint density at radius 1 is 1.06 bits per heavy atom. The zero-order chi connectivity index (χ0) is 26.7. The van der Waals surface area contributed by atoms with E-state index in [2.05, 4.69) is 39.8 Å². The van der Waals surface area contributed by atoms with Crippen molar-refractivity contribution in [3.8, 4) is 0 Å². The summed E-state index contributed by atoms with van der Waals surface area (Å²) in [5.41, 5.74) is 0.910. The minimum Gasteiger partial charge on any atom is -0.475 e. The van der Waals surface area contributed by atoms with Gasteiger partial charge in [-0.2, -0.15) is 18.2 Å². The van der Waals surface area contributed by atoms with Crippen LogP contribution in [0.15, 0.2) is 6.07 Å². The number of aryl methyl sites for hydroxylation is 1. The van der Waals surface area contributed by atoms with Crippen molar-refractivity contribution in [1.29, 1.82) is 0 Å². The average Bonchev–Trinajstić information content (AvgIpc) is 3.30. The molecule has 1 heterocycles. The van der Waals surface area contributed by atoms with Crippen LogP contribution in [0, 0.1) is 18.8 Å². The lowest BCUT2D eigenvalue weighted by Crippen LogP contribution is -2.44. The molecule has 1 atom stereocenters. The third kappa shape index (κ3) is 11.0. The second-order valence-electron chi connectivity index (χ2n) is 10.2. The Morgan fingerprint density at radius 2 is 1.64 bits per heavy atom. The molecular weight excluding hydrogens is 475 g/mol. The molecule has 0 aromatic carbocycles. The van der Waals surface area contributed by atoms with Gasteiger partial charge in [0.2, 0.25) is 11.9 Å². The second-order valence-corrected chi connectivity index (χ2v) is 10.2. The molecule has 2 aliphatic carbocycles. The molecule has 1 amide bonds. The lowest BCUT2D eigenvalue weighted by Gasteiger charge is -2.24. The molecule has 3 rings (SSSR count). The van der Waals surface area contributed by atoms with Gasteiger partial charge in [0.25, 0.3) is 0 Å². The maximum Gasteiger partial charge on any atom is 0.490 e. The molecular formula is C25H40F3N5O3. The number of alkyl halides is 3. The Hall–Kier alpha value is -2.59. The maximum atomic E-state index is 12.9. The highest BCUT2D eigenvalue weighted by Gasteiger charge is 2.38. The molecule has 1 aromatic heterocycles. The summed E-state index contributed by atoms with van der Waals surface area (Å²) >= 11 is 0. The number of carboxylic acids is 1. The Morgan fingerprint density at radius 3 is 2.19 bits per heavy atom. The fourth-order valence-electron chi connectivity index (χ4n) is 4.60. The number of hydrogen-bond acceptors (Lipinski definition) is 6. The first-order valence-electron chi connectivity index (χ1n) is 12.9. The number of carboxylic acid groups (broad SMARTS) is 1. The topological polar surface area (TPSA) is 116 Å². The summed E-state index contributed by atoms with van der Waals surface area (Å²) < 4.78 is 31.7. The molecule has 0 radical (unpaired) electrons. The molecule has 204 valence electrons. The number of hydrogen-bond donors (Lipinski definition) is 4.